The van der Waals surface area contributed by atoms with Crippen LogP contribution in [0.4, 0.5) is 15.8 Å². The number of nitrogens with one attached hydrogen (secondary N) is 2. The number of hydrogen-bond acceptors (Lipinski definition) is 2. The van der Waals surface area contributed by atoms with Crippen LogP contribution in [0.2, 0.25) is 6.32 Å². The van der Waals surface area contributed by atoms with Crippen LogP contribution in [-0.2, 0) is 0 Å². The summed E-state index contributed by atoms with van der Waals surface area (Å²) in [5.41, 5.74) is 9.67. The number of halogens is 1. The van der Waals surface area contributed by atoms with Gasteiger partial charge in [-0.2, -0.15) is 0 Å². The van der Waals surface area contributed by atoms with Crippen molar-refractivity contribution >= 4 is 41.4 Å². The van der Waals surface area contributed by atoms with Gasteiger partial charge >= 0.3 is 0 Å². The summed E-state index contributed by atoms with van der Waals surface area (Å²) in [6.07, 6.45) is 0.970. The van der Waals surface area contributed by atoms with Crippen molar-refractivity contribution in [3.05, 3.63) is 53.8 Å². The highest BCUT2D eigenvalue weighted by Gasteiger charge is 2.02. The molecule has 0 aromatic heterocycles. The molecule has 2 rings (SSSR count). The number of nitrogens with two attached hydrogens (primary N) is 1. The fourth-order valence-corrected chi connectivity index (χ4v) is 2.29. The van der Waals surface area contributed by atoms with Gasteiger partial charge in [0.05, 0.1) is 0 Å². The lowest BCUT2D eigenvalue weighted by molar-refractivity contribution is 0.628. The molecule has 2 aromatic rings. The highest BCUT2D eigenvalue weighted by Crippen LogP contribution is 2.20. The van der Waals surface area contributed by atoms with Crippen LogP contribution in [-0.4, -0.2) is 18.9 Å². The van der Waals surface area contributed by atoms with Crippen LogP contribution in [0.25, 0.3) is 0 Å². The van der Waals surface area contributed by atoms with Gasteiger partial charge in [0.2, 0.25) is 0 Å². The summed E-state index contributed by atoms with van der Waals surface area (Å²) in [7, 11) is 0.914. The summed E-state index contributed by atoms with van der Waals surface area (Å²) in [5.74, 6) is -0.195. The van der Waals surface area contributed by atoms with Gasteiger partial charge in [-0.25, -0.2) is 4.39 Å². The molecule has 0 unspecified atom stereocenters. The molecule has 2 aromatic carbocycles. The van der Waals surface area contributed by atoms with Crippen molar-refractivity contribution in [1.29, 1.82) is 0 Å². The van der Waals surface area contributed by atoms with Crippen LogP contribution in [0, 0.1) is 12.7 Å². The van der Waals surface area contributed by atoms with Crippen molar-refractivity contribution in [2.24, 2.45) is 5.73 Å². The summed E-state index contributed by atoms with van der Waals surface area (Å²) in [5, 5.41) is 6.60. The standard InChI is InChI=1S/C16H19BFN3S/c1-11-2-7-14(10-15(11)21-16(19)22)20-9-8-17-12-3-5-13(18)6-4-12/h2-7,10,17,20H,8-9H2,1H3,(H3,19,21,22). The van der Waals surface area contributed by atoms with Crippen LogP contribution >= 0.6 is 12.2 Å². The zero-order valence-electron chi connectivity index (χ0n) is 12.5. The molecule has 0 spiro atoms. The van der Waals surface area contributed by atoms with Crippen molar-refractivity contribution in [3.8, 4) is 0 Å². The molecule has 0 radical (unpaired) electrons. The Bertz CT molecular complexity index is 646. The van der Waals surface area contributed by atoms with Gasteiger partial charge in [-0.1, -0.05) is 30.0 Å². The molecule has 6 heteroatoms. The Hall–Kier alpha value is -2.08. The summed E-state index contributed by atoms with van der Waals surface area (Å²) in [4.78, 5) is 0. The molecule has 0 heterocycles. The predicted octanol–water partition coefficient (Wildman–Crippen LogP) is 2.38. The van der Waals surface area contributed by atoms with E-state index in [0.29, 0.717) is 0 Å². The van der Waals surface area contributed by atoms with Gasteiger partial charge in [-0.05, 0) is 49.0 Å². The van der Waals surface area contributed by atoms with E-state index in [4.69, 9.17) is 18.0 Å². The number of rotatable bonds is 6. The van der Waals surface area contributed by atoms with Crippen molar-refractivity contribution in [2.75, 3.05) is 17.2 Å². The maximum atomic E-state index is 12.8. The van der Waals surface area contributed by atoms with Gasteiger partial charge in [0, 0.05) is 17.9 Å². The first kappa shape index (κ1) is 16.3. The van der Waals surface area contributed by atoms with Crippen LogP contribution in [0.3, 0.4) is 0 Å². The van der Waals surface area contributed by atoms with Crippen LogP contribution in [0.1, 0.15) is 5.56 Å². The van der Waals surface area contributed by atoms with E-state index in [1.807, 2.05) is 37.3 Å². The van der Waals surface area contributed by atoms with E-state index in [0.717, 1.165) is 42.5 Å². The second-order valence-corrected chi connectivity index (χ2v) is 5.62. The highest BCUT2D eigenvalue weighted by molar-refractivity contribution is 7.80. The molecule has 0 saturated carbocycles. The lowest BCUT2D eigenvalue weighted by Gasteiger charge is -2.11. The van der Waals surface area contributed by atoms with Crippen molar-refractivity contribution < 1.29 is 4.39 Å². The molecule has 114 valence electrons. The molecule has 0 fully saturated rings. The number of hydrogen-bond donors (Lipinski definition) is 3. The molecule has 3 nitrogen and oxygen atoms in total. The molecule has 0 bridgehead atoms. The average molecular weight is 315 g/mol. The van der Waals surface area contributed by atoms with Gasteiger partial charge in [0.1, 0.15) is 5.82 Å². The van der Waals surface area contributed by atoms with Crippen LogP contribution < -0.4 is 21.8 Å². The Morgan fingerprint density at radius 1 is 1.23 bits per heavy atom. The summed E-state index contributed by atoms with van der Waals surface area (Å²) < 4.78 is 12.8. The Balaban J connectivity index is 1.83. The molecule has 0 atom stereocenters. The van der Waals surface area contributed by atoms with E-state index in [1.54, 1.807) is 0 Å². The first-order valence-corrected chi connectivity index (χ1v) is 7.61. The molecular formula is C16H19BFN3S. The van der Waals surface area contributed by atoms with Gasteiger partial charge in [0.25, 0.3) is 0 Å². The molecule has 22 heavy (non-hydrogen) atoms. The number of benzene rings is 2. The second kappa shape index (κ2) is 7.80. The Kier molecular flexibility index (Phi) is 5.78. The molecule has 0 aliphatic rings. The number of anilines is 2. The Morgan fingerprint density at radius 3 is 2.64 bits per heavy atom. The zero-order valence-corrected chi connectivity index (χ0v) is 13.3. The molecule has 0 saturated heterocycles. The maximum absolute atomic E-state index is 12.8. The van der Waals surface area contributed by atoms with E-state index in [9.17, 15) is 4.39 Å². The van der Waals surface area contributed by atoms with Crippen molar-refractivity contribution in [3.63, 3.8) is 0 Å². The maximum Gasteiger partial charge on any atom is 0.168 e. The third-order valence-electron chi connectivity index (χ3n) is 3.38. The van der Waals surface area contributed by atoms with Gasteiger partial charge in [-0.15, -0.1) is 0 Å². The average Bonchev–Trinajstić information content (AvgIpc) is 2.48. The van der Waals surface area contributed by atoms with Crippen molar-refractivity contribution in [1.82, 2.24) is 0 Å². The summed E-state index contributed by atoms with van der Waals surface area (Å²) in [6, 6.07) is 12.7. The minimum absolute atomic E-state index is 0.195. The monoisotopic (exact) mass is 315 g/mol. The fraction of sp³-hybridized carbons (Fsp3) is 0.188. The topological polar surface area (TPSA) is 50.1 Å². The van der Waals surface area contributed by atoms with Crippen LogP contribution in [0.15, 0.2) is 42.5 Å². The fourth-order valence-electron chi connectivity index (χ4n) is 2.18. The minimum atomic E-state index is -0.195. The first-order chi connectivity index (χ1) is 10.5. The van der Waals surface area contributed by atoms with Gasteiger partial charge < -0.3 is 16.4 Å². The molecular weight excluding hydrogens is 296 g/mol. The zero-order chi connectivity index (χ0) is 15.9. The molecule has 4 N–H and O–H groups in total. The first-order valence-electron chi connectivity index (χ1n) is 7.20. The van der Waals surface area contributed by atoms with E-state index >= 15 is 0 Å². The highest BCUT2D eigenvalue weighted by atomic mass is 32.1. The smallest absolute Gasteiger partial charge is 0.168 e. The Labute approximate surface area is 136 Å². The molecule has 0 aliphatic heterocycles. The molecule has 0 amide bonds. The van der Waals surface area contributed by atoms with E-state index in [1.165, 1.54) is 12.1 Å². The lowest BCUT2D eigenvalue weighted by Crippen LogP contribution is -2.20. The number of thiocarbonyl (C=S) groups is 1. The van der Waals surface area contributed by atoms with Crippen molar-refractivity contribution in [2.45, 2.75) is 13.2 Å². The van der Waals surface area contributed by atoms with Gasteiger partial charge in [0.15, 0.2) is 12.4 Å². The van der Waals surface area contributed by atoms with Gasteiger partial charge in [-0.3, -0.25) is 0 Å². The minimum Gasteiger partial charge on any atom is -0.386 e. The van der Waals surface area contributed by atoms with E-state index < -0.39 is 0 Å². The Morgan fingerprint density at radius 2 is 1.95 bits per heavy atom. The van der Waals surface area contributed by atoms with E-state index in [-0.39, 0.29) is 10.9 Å². The largest absolute Gasteiger partial charge is 0.386 e. The quantitative estimate of drug-likeness (QED) is 0.435. The second-order valence-electron chi connectivity index (χ2n) is 5.18. The SMILES string of the molecule is Cc1ccc(NCCBc2ccc(F)cc2)cc1NC(N)=S. The third-order valence-corrected chi connectivity index (χ3v) is 3.48. The summed E-state index contributed by atoms with van der Waals surface area (Å²) >= 11 is 4.87. The third kappa shape index (κ3) is 5.04. The normalized spacial score (nSPS) is 10.1. The summed E-state index contributed by atoms with van der Waals surface area (Å²) in [6.45, 7) is 2.84. The van der Waals surface area contributed by atoms with Crippen LogP contribution in [0.5, 0.6) is 0 Å². The molecule has 0 aliphatic carbocycles. The number of aryl methyl sites for hydroxylation is 1. The van der Waals surface area contributed by atoms with E-state index in [2.05, 4.69) is 10.6 Å². The predicted molar refractivity (Wildman–Crippen MR) is 98.1 cm³/mol. The lowest BCUT2D eigenvalue weighted by atomic mass is 9.67.